The smallest absolute Gasteiger partial charge is 0.240 e. The van der Waals surface area contributed by atoms with E-state index in [1.54, 1.807) is 12.1 Å². The molecule has 2 fully saturated rings. The van der Waals surface area contributed by atoms with Gasteiger partial charge < -0.3 is 5.32 Å². The van der Waals surface area contributed by atoms with E-state index in [1.165, 1.54) is 16.3 Å². The number of hydrogen-bond donors (Lipinski definition) is 2. The highest BCUT2D eigenvalue weighted by Crippen LogP contribution is 2.48. The molecule has 3 aromatic rings. The zero-order chi connectivity index (χ0) is 22.3. The third-order valence-electron chi connectivity index (χ3n) is 6.75. The number of Topliss-reactive ketones (excluding diaryl/α,β-unsaturated/α-hetero) is 1. The molecule has 3 aromatic carbocycles. The minimum absolute atomic E-state index is 0.0210. The van der Waals surface area contributed by atoms with Gasteiger partial charge in [0, 0.05) is 24.9 Å². The summed E-state index contributed by atoms with van der Waals surface area (Å²) in [4.78, 5) is 13.2. The molecule has 1 aliphatic heterocycles. The van der Waals surface area contributed by atoms with E-state index in [4.69, 9.17) is 0 Å². The number of fused-ring (bicyclic) bond motifs is 1. The van der Waals surface area contributed by atoms with Crippen molar-refractivity contribution in [2.24, 2.45) is 5.92 Å². The lowest BCUT2D eigenvalue weighted by Gasteiger charge is -2.12. The molecular weight excluding hydrogens is 420 g/mol. The maximum atomic E-state index is 12.9. The van der Waals surface area contributed by atoms with Crippen LogP contribution in [0.15, 0.2) is 65.6 Å². The van der Waals surface area contributed by atoms with Crippen LogP contribution in [0, 0.1) is 12.8 Å². The van der Waals surface area contributed by atoms with Gasteiger partial charge in [0.2, 0.25) is 10.0 Å². The van der Waals surface area contributed by atoms with Gasteiger partial charge in [-0.3, -0.25) is 4.79 Å². The van der Waals surface area contributed by atoms with Crippen LogP contribution in [0.2, 0.25) is 0 Å². The summed E-state index contributed by atoms with van der Waals surface area (Å²) in [5.41, 5.74) is 3.31. The monoisotopic (exact) mass is 448 g/mol. The molecule has 1 unspecified atom stereocenters. The maximum Gasteiger partial charge on any atom is 0.240 e. The number of carbonyl (C=O) groups is 1. The fourth-order valence-electron chi connectivity index (χ4n) is 4.77. The van der Waals surface area contributed by atoms with Crippen molar-refractivity contribution >= 4 is 26.6 Å². The lowest BCUT2D eigenvalue weighted by atomic mass is 9.98. The van der Waals surface area contributed by atoms with E-state index in [0.717, 1.165) is 30.5 Å². The van der Waals surface area contributed by atoms with Crippen LogP contribution in [0.25, 0.3) is 10.8 Å². The number of benzene rings is 3. The number of ketones is 1. The molecule has 0 aromatic heterocycles. The van der Waals surface area contributed by atoms with Gasteiger partial charge in [0.15, 0.2) is 0 Å². The molecule has 166 valence electrons. The molecule has 1 heterocycles. The van der Waals surface area contributed by atoms with Crippen LogP contribution < -0.4 is 10.0 Å². The molecule has 32 heavy (non-hydrogen) atoms. The van der Waals surface area contributed by atoms with Gasteiger partial charge in [-0.25, -0.2) is 13.1 Å². The molecule has 5 nitrogen and oxygen atoms in total. The third-order valence-corrected chi connectivity index (χ3v) is 8.28. The first-order chi connectivity index (χ1) is 15.4. The molecule has 1 aliphatic carbocycles. The Bertz CT molecular complexity index is 1260. The highest BCUT2D eigenvalue weighted by molar-refractivity contribution is 7.89. The van der Waals surface area contributed by atoms with E-state index < -0.39 is 10.0 Å². The van der Waals surface area contributed by atoms with Crippen molar-refractivity contribution in [1.29, 1.82) is 0 Å². The summed E-state index contributed by atoms with van der Waals surface area (Å²) in [7, 11) is -3.51. The largest absolute Gasteiger partial charge is 0.315 e. The summed E-state index contributed by atoms with van der Waals surface area (Å²) in [5.74, 6) is 0.469. The molecule has 3 atom stereocenters. The number of sulfonamides is 1. The standard InChI is InChI=1S/C26H28N2O3S/c1-17-3-2-4-19-6-5-18(13-23(17)19)14-26(29)25-15-24(25)20-7-9-22(10-8-20)32(30,31)28-21-11-12-27-16-21/h2-10,13,21,24-25,27-28H,11-12,14-16H2,1H3/t21?,24-,25+/m0/s1. The Morgan fingerprint density at radius 1 is 1.09 bits per heavy atom. The highest BCUT2D eigenvalue weighted by atomic mass is 32.2. The molecule has 0 radical (unpaired) electrons. The van der Waals surface area contributed by atoms with Crippen LogP contribution >= 0.6 is 0 Å². The molecule has 5 rings (SSSR count). The Balaban J connectivity index is 1.23. The van der Waals surface area contributed by atoms with Gasteiger partial charge >= 0.3 is 0 Å². The molecule has 0 amide bonds. The third kappa shape index (κ3) is 4.35. The molecule has 0 bridgehead atoms. The van der Waals surface area contributed by atoms with Crippen LogP contribution in [0.3, 0.4) is 0 Å². The first kappa shape index (κ1) is 21.3. The SMILES string of the molecule is Cc1cccc2ccc(CC(=O)[C@@H]3C[C@H]3c3ccc(S(=O)(=O)NC4CCNC4)cc3)cc12. The number of rotatable bonds is 7. The summed E-state index contributed by atoms with van der Waals surface area (Å²) >= 11 is 0. The minimum atomic E-state index is -3.51. The van der Waals surface area contributed by atoms with Crippen molar-refractivity contribution in [2.45, 2.75) is 43.0 Å². The van der Waals surface area contributed by atoms with Gasteiger partial charge in [-0.05, 0) is 71.8 Å². The predicted molar refractivity (Wildman–Crippen MR) is 126 cm³/mol. The average molecular weight is 449 g/mol. The van der Waals surface area contributed by atoms with Gasteiger partial charge in [0.1, 0.15) is 5.78 Å². The first-order valence-electron chi connectivity index (χ1n) is 11.2. The van der Waals surface area contributed by atoms with Crippen molar-refractivity contribution in [1.82, 2.24) is 10.0 Å². The normalized spacial score (nSPS) is 22.8. The Morgan fingerprint density at radius 2 is 1.91 bits per heavy atom. The second-order valence-electron chi connectivity index (χ2n) is 9.10. The fourth-order valence-corrected chi connectivity index (χ4v) is 6.05. The van der Waals surface area contributed by atoms with E-state index >= 15 is 0 Å². The second kappa shape index (κ2) is 8.43. The van der Waals surface area contributed by atoms with Crippen LogP contribution in [-0.4, -0.2) is 33.3 Å². The lowest BCUT2D eigenvalue weighted by molar-refractivity contribution is -0.119. The molecule has 1 saturated heterocycles. The number of hydrogen-bond acceptors (Lipinski definition) is 4. The fraction of sp³-hybridized carbons (Fsp3) is 0.346. The molecule has 1 saturated carbocycles. The zero-order valence-electron chi connectivity index (χ0n) is 18.2. The number of aryl methyl sites for hydroxylation is 1. The van der Waals surface area contributed by atoms with Crippen molar-refractivity contribution in [3.63, 3.8) is 0 Å². The summed E-state index contributed by atoms with van der Waals surface area (Å²) in [6.07, 6.45) is 2.08. The quantitative estimate of drug-likeness (QED) is 0.578. The van der Waals surface area contributed by atoms with Crippen LogP contribution in [-0.2, 0) is 21.2 Å². The van der Waals surface area contributed by atoms with E-state index in [9.17, 15) is 13.2 Å². The molecular formula is C26H28N2O3S. The Morgan fingerprint density at radius 3 is 2.66 bits per heavy atom. The van der Waals surface area contributed by atoms with Gasteiger partial charge in [0.05, 0.1) is 4.90 Å². The molecule has 6 heteroatoms. The summed E-state index contributed by atoms with van der Waals surface area (Å²) < 4.78 is 27.9. The van der Waals surface area contributed by atoms with Crippen molar-refractivity contribution in [3.8, 4) is 0 Å². The number of carbonyl (C=O) groups excluding carboxylic acids is 1. The van der Waals surface area contributed by atoms with Crippen molar-refractivity contribution in [3.05, 3.63) is 77.4 Å². The van der Waals surface area contributed by atoms with Gasteiger partial charge in [-0.1, -0.05) is 48.5 Å². The predicted octanol–water partition coefficient (Wildman–Crippen LogP) is 3.70. The van der Waals surface area contributed by atoms with Crippen LogP contribution in [0.1, 0.15) is 35.4 Å². The average Bonchev–Trinajstić information content (AvgIpc) is 3.44. The zero-order valence-corrected chi connectivity index (χ0v) is 19.0. The summed E-state index contributed by atoms with van der Waals surface area (Å²) in [6, 6.07) is 19.5. The summed E-state index contributed by atoms with van der Waals surface area (Å²) in [5, 5.41) is 5.56. The van der Waals surface area contributed by atoms with E-state index in [2.05, 4.69) is 47.3 Å². The van der Waals surface area contributed by atoms with Gasteiger partial charge in [0.25, 0.3) is 0 Å². The molecule has 2 aliphatic rings. The summed E-state index contributed by atoms with van der Waals surface area (Å²) in [6.45, 7) is 3.59. The number of nitrogens with one attached hydrogen (secondary N) is 2. The van der Waals surface area contributed by atoms with Crippen molar-refractivity contribution in [2.75, 3.05) is 13.1 Å². The van der Waals surface area contributed by atoms with E-state index in [-0.39, 0.29) is 28.6 Å². The lowest BCUT2D eigenvalue weighted by Crippen LogP contribution is -2.36. The van der Waals surface area contributed by atoms with Gasteiger partial charge in [-0.2, -0.15) is 0 Å². The minimum Gasteiger partial charge on any atom is -0.315 e. The molecule has 0 spiro atoms. The Kier molecular flexibility index (Phi) is 5.61. The topological polar surface area (TPSA) is 75.3 Å². The Labute approximate surface area is 189 Å². The van der Waals surface area contributed by atoms with E-state index in [0.29, 0.717) is 13.0 Å². The van der Waals surface area contributed by atoms with Gasteiger partial charge in [-0.15, -0.1) is 0 Å². The van der Waals surface area contributed by atoms with E-state index in [1.807, 2.05) is 18.2 Å². The van der Waals surface area contributed by atoms with Crippen molar-refractivity contribution < 1.29 is 13.2 Å². The first-order valence-corrected chi connectivity index (χ1v) is 12.7. The van der Waals surface area contributed by atoms with Crippen LogP contribution in [0.4, 0.5) is 0 Å². The maximum absolute atomic E-state index is 12.9. The van der Waals surface area contributed by atoms with Crippen LogP contribution in [0.5, 0.6) is 0 Å². The Hall–Kier alpha value is -2.54. The highest BCUT2D eigenvalue weighted by Gasteiger charge is 2.43. The molecule has 2 N–H and O–H groups in total. The second-order valence-corrected chi connectivity index (χ2v) is 10.8.